The highest BCUT2D eigenvalue weighted by Gasteiger charge is 2.29. The van der Waals surface area contributed by atoms with Crippen molar-refractivity contribution in [1.29, 1.82) is 0 Å². The van der Waals surface area contributed by atoms with Crippen LogP contribution in [0.2, 0.25) is 0 Å². The molecule has 0 aliphatic carbocycles. The molecule has 156 valence electrons. The van der Waals surface area contributed by atoms with Crippen LogP contribution < -0.4 is 11.1 Å². The second-order valence-corrected chi connectivity index (χ2v) is 8.48. The quantitative estimate of drug-likeness (QED) is 0.452. The SMILES string of the molecule is CNc1c(-c2ccc(C)cc2F)n(S(=O)(=O)c2cccnc2)c2cc(N)ccc12.Cl. The number of nitrogen functional groups attached to an aromatic ring is 1. The van der Waals surface area contributed by atoms with Crippen LogP contribution in [-0.4, -0.2) is 24.4 Å². The van der Waals surface area contributed by atoms with Crippen LogP contribution in [0.5, 0.6) is 0 Å². The van der Waals surface area contributed by atoms with Gasteiger partial charge in [-0.05, 0) is 55.0 Å². The Bertz CT molecular complexity index is 1340. The average Bonchev–Trinajstić information content (AvgIpc) is 3.02. The fourth-order valence-corrected chi connectivity index (χ4v) is 4.94. The third kappa shape index (κ3) is 3.38. The van der Waals surface area contributed by atoms with Crippen molar-refractivity contribution in [2.75, 3.05) is 18.1 Å². The van der Waals surface area contributed by atoms with E-state index in [9.17, 15) is 12.8 Å². The Labute approximate surface area is 180 Å². The minimum absolute atomic E-state index is 0. The zero-order valence-corrected chi connectivity index (χ0v) is 17.9. The molecule has 30 heavy (non-hydrogen) atoms. The van der Waals surface area contributed by atoms with Crippen molar-refractivity contribution in [3.05, 3.63) is 72.3 Å². The van der Waals surface area contributed by atoms with Crippen LogP contribution in [0.1, 0.15) is 5.56 Å². The van der Waals surface area contributed by atoms with Crippen LogP contribution >= 0.6 is 12.4 Å². The second-order valence-electron chi connectivity index (χ2n) is 6.69. The van der Waals surface area contributed by atoms with Crippen molar-refractivity contribution in [2.24, 2.45) is 0 Å². The Hall–Kier alpha value is -3.10. The van der Waals surface area contributed by atoms with Crippen molar-refractivity contribution in [3.8, 4) is 11.3 Å². The molecule has 9 heteroatoms. The first-order valence-corrected chi connectivity index (χ1v) is 10.3. The average molecular weight is 447 g/mol. The number of nitrogens with one attached hydrogen (secondary N) is 1. The van der Waals surface area contributed by atoms with E-state index in [-0.39, 0.29) is 28.6 Å². The fraction of sp³-hybridized carbons (Fsp3) is 0.0952. The maximum atomic E-state index is 15.0. The van der Waals surface area contributed by atoms with Crippen molar-refractivity contribution in [2.45, 2.75) is 11.8 Å². The number of fused-ring (bicyclic) bond motifs is 1. The molecule has 3 N–H and O–H groups in total. The lowest BCUT2D eigenvalue weighted by Gasteiger charge is -2.14. The Balaban J connectivity index is 0.00000256. The first-order chi connectivity index (χ1) is 13.8. The summed E-state index contributed by atoms with van der Waals surface area (Å²) in [6.07, 6.45) is 2.76. The predicted octanol–water partition coefficient (Wildman–Crippen LogP) is 4.43. The summed E-state index contributed by atoms with van der Waals surface area (Å²) < 4.78 is 43.3. The van der Waals surface area contributed by atoms with E-state index in [2.05, 4.69) is 10.3 Å². The van der Waals surface area contributed by atoms with E-state index >= 15 is 0 Å². The number of halogens is 2. The van der Waals surface area contributed by atoms with E-state index in [1.165, 1.54) is 30.6 Å². The van der Waals surface area contributed by atoms with E-state index in [4.69, 9.17) is 5.73 Å². The first-order valence-electron chi connectivity index (χ1n) is 8.88. The molecule has 0 saturated heterocycles. The minimum atomic E-state index is -4.09. The van der Waals surface area contributed by atoms with Gasteiger partial charge in [0, 0.05) is 36.1 Å². The van der Waals surface area contributed by atoms with Crippen LogP contribution in [0.3, 0.4) is 0 Å². The monoisotopic (exact) mass is 446 g/mol. The highest BCUT2D eigenvalue weighted by molar-refractivity contribution is 7.90. The van der Waals surface area contributed by atoms with Crippen LogP contribution in [0.4, 0.5) is 15.8 Å². The molecule has 6 nitrogen and oxygen atoms in total. The van der Waals surface area contributed by atoms with Gasteiger partial charge in [-0.3, -0.25) is 4.98 Å². The fourth-order valence-electron chi connectivity index (χ4n) is 3.44. The van der Waals surface area contributed by atoms with E-state index in [0.717, 1.165) is 9.54 Å². The number of hydrogen-bond acceptors (Lipinski definition) is 5. The highest BCUT2D eigenvalue weighted by Crippen LogP contribution is 2.42. The molecular formula is C21H20ClFN4O2S. The standard InChI is InChI=1S/C21H19FN4O2S.ClH/c1-13-5-7-16(18(22)10-13)21-20(24-2)17-8-6-14(23)11-19(17)26(21)29(27,28)15-4-3-9-25-12-15;/h3-12,24H,23H2,1-2H3;1H. The van der Waals surface area contributed by atoms with Crippen molar-refractivity contribution >= 4 is 44.7 Å². The molecule has 2 heterocycles. The summed E-state index contributed by atoms with van der Waals surface area (Å²) in [5.74, 6) is -0.514. The number of nitrogens with two attached hydrogens (primary N) is 1. The van der Waals surface area contributed by atoms with Gasteiger partial charge in [-0.25, -0.2) is 16.8 Å². The number of aromatic nitrogens is 2. The maximum absolute atomic E-state index is 15.0. The molecule has 2 aromatic heterocycles. The van der Waals surface area contributed by atoms with Gasteiger partial charge in [0.25, 0.3) is 10.0 Å². The lowest BCUT2D eigenvalue weighted by atomic mass is 10.1. The zero-order valence-electron chi connectivity index (χ0n) is 16.3. The van der Waals surface area contributed by atoms with Crippen LogP contribution in [-0.2, 0) is 10.0 Å². The van der Waals surface area contributed by atoms with Crippen LogP contribution in [0.25, 0.3) is 22.2 Å². The Morgan fingerprint density at radius 3 is 2.53 bits per heavy atom. The summed E-state index contributed by atoms with van der Waals surface area (Å²) in [7, 11) is -2.42. The van der Waals surface area contributed by atoms with E-state index in [1.54, 1.807) is 44.3 Å². The van der Waals surface area contributed by atoms with Gasteiger partial charge in [-0.2, -0.15) is 0 Å². The minimum Gasteiger partial charge on any atom is -0.399 e. The number of pyridine rings is 1. The Morgan fingerprint density at radius 1 is 1.13 bits per heavy atom. The topological polar surface area (TPSA) is 90.0 Å². The molecule has 0 saturated carbocycles. The van der Waals surface area contributed by atoms with Crippen LogP contribution in [0.15, 0.2) is 65.8 Å². The van der Waals surface area contributed by atoms with Gasteiger partial charge in [-0.15, -0.1) is 12.4 Å². The third-order valence-electron chi connectivity index (χ3n) is 4.75. The molecule has 4 aromatic rings. The summed E-state index contributed by atoms with van der Waals surface area (Å²) in [5, 5.41) is 3.65. The van der Waals surface area contributed by atoms with Crippen molar-refractivity contribution in [3.63, 3.8) is 0 Å². The molecule has 0 radical (unpaired) electrons. The number of rotatable bonds is 4. The molecule has 0 aliphatic heterocycles. The Kier molecular flexibility index (Phi) is 5.74. The number of aryl methyl sites for hydroxylation is 1. The number of hydrogen-bond donors (Lipinski definition) is 2. The van der Waals surface area contributed by atoms with Crippen LogP contribution in [0, 0.1) is 12.7 Å². The zero-order chi connectivity index (χ0) is 20.8. The van der Waals surface area contributed by atoms with Gasteiger partial charge in [0.2, 0.25) is 0 Å². The molecule has 0 amide bonds. The Morgan fingerprint density at radius 2 is 1.90 bits per heavy atom. The summed E-state index contributed by atoms with van der Waals surface area (Å²) in [6.45, 7) is 1.77. The lowest BCUT2D eigenvalue weighted by Crippen LogP contribution is -2.15. The van der Waals surface area contributed by atoms with E-state index in [0.29, 0.717) is 22.3 Å². The highest BCUT2D eigenvalue weighted by atomic mass is 35.5. The van der Waals surface area contributed by atoms with Gasteiger partial charge in [0.15, 0.2) is 0 Å². The molecule has 0 aliphatic rings. The number of anilines is 2. The largest absolute Gasteiger partial charge is 0.399 e. The van der Waals surface area contributed by atoms with Gasteiger partial charge in [0.1, 0.15) is 10.7 Å². The summed E-state index contributed by atoms with van der Waals surface area (Å²) in [4.78, 5) is 3.92. The van der Waals surface area contributed by atoms with Gasteiger partial charge >= 0.3 is 0 Å². The maximum Gasteiger partial charge on any atom is 0.270 e. The molecule has 0 bridgehead atoms. The predicted molar refractivity (Wildman–Crippen MR) is 120 cm³/mol. The molecule has 2 aromatic carbocycles. The number of benzene rings is 2. The summed E-state index contributed by atoms with van der Waals surface area (Å²) in [6, 6.07) is 12.7. The lowest BCUT2D eigenvalue weighted by molar-refractivity contribution is 0.589. The van der Waals surface area contributed by atoms with Crippen molar-refractivity contribution < 1.29 is 12.8 Å². The van der Waals surface area contributed by atoms with E-state index in [1.807, 2.05) is 0 Å². The molecule has 4 rings (SSSR count). The summed E-state index contributed by atoms with van der Waals surface area (Å²) >= 11 is 0. The van der Waals surface area contributed by atoms with E-state index < -0.39 is 15.8 Å². The normalized spacial score (nSPS) is 11.3. The molecule has 0 atom stereocenters. The second kappa shape index (κ2) is 7.97. The molecular weight excluding hydrogens is 427 g/mol. The van der Waals surface area contributed by atoms with Gasteiger partial charge in [-0.1, -0.05) is 6.07 Å². The molecule has 0 spiro atoms. The molecule has 0 fully saturated rings. The van der Waals surface area contributed by atoms with Gasteiger partial charge in [0.05, 0.1) is 16.9 Å². The smallest absolute Gasteiger partial charge is 0.270 e. The van der Waals surface area contributed by atoms with Gasteiger partial charge < -0.3 is 11.1 Å². The van der Waals surface area contributed by atoms with Crippen molar-refractivity contribution in [1.82, 2.24) is 8.96 Å². The molecule has 0 unspecified atom stereocenters. The summed E-state index contributed by atoms with van der Waals surface area (Å²) in [5.41, 5.74) is 8.31. The first kappa shape index (κ1) is 21.6. The number of nitrogens with zero attached hydrogens (tertiary/aromatic N) is 2. The third-order valence-corrected chi connectivity index (χ3v) is 6.45.